The highest BCUT2D eigenvalue weighted by atomic mass is 16.5. The van der Waals surface area contributed by atoms with Gasteiger partial charge in [0.2, 0.25) is 0 Å². The highest BCUT2D eigenvalue weighted by molar-refractivity contribution is 5.89. The van der Waals surface area contributed by atoms with Crippen molar-refractivity contribution in [1.29, 1.82) is 0 Å². The molecule has 1 aliphatic heterocycles. The second-order valence-electron chi connectivity index (χ2n) is 6.19. The van der Waals surface area contributed by atoms with Gasteiger partial charge in [-0.1, -0.05) is 48.5 Å². The maximum Gasteiger partial charge on any atom is 0.321 e. The van der Waals surface area contributed by atoms with Gasteiger partial charge in [-0.25, -0.2) is 4.79 Å². The van der Waals surface area contributed by atoms with Gasteiger partial charge in [-0.3, -0.25) is 0 Å². The molecule has 1 unspecified atom stereocenters. The van der Waals surface area contributed by atoms with Gasteiger partial charge < -0.3 is 15.0 Å². The standard InChI is InChI=1S/C20H24N2O2/c1-24-19(16-8-4-2-5-9-16)17-12-14-22(15-13-17)20(23)21-18-10-6-3-7-11-18/h2-11,17,19H,12-15H2,1H3,(H,21,23). The molecular weight excluding hydrogens is 300 g/mol. The molecule has 0 saturated carbocycles. The van der Waals surface area contributed by atoms with E-state index in [0.29, 0.717) is 5.92 Å². The second kappa shape index (κ2) is 7.97. The topological polar surface area (TPSA) is 41.6 Å². The van der Waals surface area contributed by atoms with E-state index in [1.54, 1.807) is 7.11 Å². The molecule has 0 aromatic heterocycles. The molecule has 1 atom stereocenters. The Morgan fingerprint density at radius 2 is 1.62 bits per heavy atom. The van der Waals surface area contributed by atoms with Crippen LogP contribution in [-0.4, -0.2) is 31.1 Å². The fourth-order valence-corrected chi connectivity index (χ4v) is 3.37. The summed E-state index contributed by atoms with van der Waals surface area (Å²) in [6.45, 7) is 1.52. The number of likely N-dealkylation sites (tertiary alicyclic amines) is 1. The summed E-state index contributed by atoms with van der Waals surface area (Å²) < 4.78 is 5.75. The maximum atomic E-state index is 12.4. The number of urea groups is 1. The van der Waals surface area contributed by atoms with E-state index < -0.39 is 0 Å². The Bertz CT molecular complexity index is 637. The predicted molar refractivity (Wildman–Crippen MR) is 95.9 cm³/mol. The Labute approximate surface area is 143 Å². The highest BCUT2D eigenvalue weighted by Crippen LogP contribution is 2.33. The number of hydrogen-bond donors (Lipinski definition) is 1. The Hall–Kier alpha value is -2.33. The van der Waals surface area contributed by atoms with Crippen LogP contribution in [0.3, 0.4) is 0 Å². The quantitative estimate of drug-likeness (QED) is 0.910. The molecule has 126 valence electrons. The third-order valence-electron chi connectivity index (χ3n) is 4.66. The number of rotatable bonds is 4. The molecule has 2 amide bonds. The molecule has 1 fully saturated rings. The SMILES string of the molecule is COC(c1ccccc1)C1CCN(C(=O)Nc2ccccc2)CC1. The largest absolute Gasteiger partial charge is 0.376 e. The lowest BCUT2D eigenvalue weighted by atomic mass is 9.87. The number of amides is 2. The molecule has 1 saturated heterocycles. The number of piperidine rings is 1. The molecule has 2 aromatic rings. The van der Waals surface area contributed by atoms with Gasteiger partial charge in [0.05, 0.1) is 6.10 Å². The van der Waals surface area contributed by atoms with Crippen molar-refractivity contribution in [1.82, 2.24) is 4.90 Å². The molecule has 2 aromatic carbocycles. The van der Waals surface area contributed by atoms with Crippen LogP contribution in [0.5, 0.6) is 0 Å². The van der Waals surface area contributed by atoms with Gasteiger partial charge in [0.1, 0.15) is 0 Å². The van der Waals surface area contributed by atoms with Crippen molar-refractivity contribution in [3.63, 3.8) is 0 Å². The number of hydrogen-bond acceptors (Lipinski definition) is 2. The first-order chi connectivity index (χ1) is 11.8. The monoisotopic (exact) mass is 324 g/mol. The van der Waals surface area contributed by atoms with Gasteiger partial charge in [0, 0.05) is 25.9 Å². The highest BCUT2D eigenvalue weighted by Gasteiger charge is 2.29. The van der Waals surface area contributed by atoms with Crippen molar-refractivity contribution in [3.05, 3.63) is 66.2 Å². The fraction of sp³-hybridized carbons (Fsp3) is 0.350. The van der Waals surface area contributed by atoms with E-state index >= 15 is 0 Å². The summed E-state index contributed by atoms with van der Waals surface area (Å²) in [6.07, 6.45) is 2.01. The van der Waals surface area contributed by atoms with E-state index in [9.17, 15) is 4.79 Å². The molecule has 1 aliphatic rings. The van der Waals surface area contributed by atoms with Crippen LogP contribution < -0.4 is 5.32 Å². The van der Waals surface area contributed by atoms with Gasteiger partial charge in [-0.15, -0.1) is 0 Å². The van der Waals surface area contributed by atoms with E-state index in [1.165, 1.54) is 5.56 Å². The van der Waals surface area contributed by atoms with Crippen LogP contribution in [0.2, 0.25) is 0 Å². The van der Waals surface area contributed by atoms with Gasteiger partial charge in [0.15, 0.2) is 0 Å². The van der Waals surface area contributed by atoms with Crippen molar-refractivity contribution in [2.75, 3.05) is 25.5 Å². The Morgan fingerprint density at radius 3 is 2.21 bits per heavy atom. The number of ether oxygens (including phenoxy) is 1. The number of carbonyl (C=O) groups excluding carboxylic acids is 1. The lowest BCUT2D eigenvalue weighted by Crippen LogP contribution is -2.42. The van der Waals surface area contributed by atoms with E-state index in [2.05, 4.69) is 17.4 Å². The third kappa shape index (κ3) is 3.95. The van der Waals surface area contributed by atoms with Crippen LogP contribution in [0.4, 0.5) is 10.5 Å². The summed E-state index contributed by atoms with van der Waals surface area (Å²) in [4.78, 5) is 14.3. The Morgan fingerprint density at radius 1 is 1.04 bits per heavy atom. The molecule has 4 nitrogen and oxygen atoms in total. The minimum absolute atomic E-state index is 0.0201. The van der Waals surface area contributed by atoms with Crippen molar-refractivity contribution < 1.29 is 9.53 Å². The number of para-hydroxylation sites is 1. The third-order valence-corrected chi connectivity index (χ3v) is 4.66. The zero-order valence-corrected chi connectivity index (χ0v) is 14.0. The van der Waals surface area contributed by atoms with Crippen molar-refractivity contribution in [3.8, 4) is 0 Å². The molecule has 24 heavy (non-hydrogen) atoms. The predicted octanol–water partition coefficient (Wildman–Crippen LogP) is 4.32. The average molecular weight is 324 g/mol. The Kier molecular flexibility index (Phi) is 5.49. The van der Waals surface area contributed by atoms with Crippen molar-refractivity contribution in [2.24, 2.45) is 5.92 Å². The van der Waals surface area contributed by atoms with E-state index in [1.807, 2.05) is 53.4 Å². The number of nitrogens with zero attached hydrogens (tertiary/aromatic N) is 1. The van der Waals surface area contributed by atoms with Gasteiger partial charge >= 0.3 is 6.03 Å². The fourth-order valence-electron chi connectivity index (χ4n) is 3.37. The first-order valence-corrected chi connectivity index (χ1v) is 8.46. The molecule has 1 heterocycles. The second-order valence-corrected chi connectivity index (χ2v) is 6.19. The average Bonchev–Trinajstić information content (AvgIpc) is 2.65. The number of nitrogens with one attached hydrogen (secondary N) is 1. The molecule has 0 radical (unpaired) electrons. The molecule has 1 N–H and O–H groups in total. The summed E-state index contributed by atoms with van der Waals surface area (Å²) in [5.41, 5.74) is 2.05. The van der Waals surface area contributed by atoms with Gasteiger partial charge in [-0.2, -0.15) is 0 Å². The number of carbonyl (C=O) groups is 1. The summed E-state index contributed by atoms with van der Waals surface area (Å²) in [5.74, 6) is 0.443. The molecule has 0 aliphatic carbocycles. The minimum atomic E-state index is -0.0201. The number of methoxy groups -OCH3 is 1. The number of benzene rings is 2. The van der Waals surface area contributed by atoms with E-state index in [4.69, 9.17) is 4.74 Å². The molecule has 3 rings (SSSR count). The zero-order chi connectivity index (χ0) is 16.8. The zero-order valence-electron chi connectivity index (χ0n) is 14.0. The van der Waals surface area contributed by atoms with Crippen molar-refractivity contribution in [2.45, 2.75) is 18.9 Å². The normalized spacial score (nSPS) is 16.6. The number of anilines is 1. The van der Waals surface area contributed by atoms with Gasteiger partial charge in [-0.05, 0) is 36.5 Å². The van der Waals surface area contributed by atoms with Crippen LogP contribution in [-0.2, 0) is 4.74 Å². The first kappa shape index (κ1) is 16.5. The van der Waals surface area contributed by atoms with Crippen LogP contribution >= 0.6 is 0 Å². The maximum absolute atomic E-state index is 12.4. The summed E-state index contributed by atoms with van der Waals surface area (Å²) >= 11 is 0. The summed E-state index contributed by atoms with van der Waals surface area (Å²) in [6, 6.07) is 19.9. The molecule has 0 bridgehead atoms. The summed E-state index contributed by atoms with van der Waals surface area (Å²) in [5, 5.41) is 2.96. The van der Waals surface area contributed by atoms with Crippen LogP contribution in [0.1, 0.15) is 24.5 Å². The minimum Gasteiger partial charge on any atom is -0.376 e. The lowest BCUT2D eigenvalue weighted by Gasteiger charge is -2.35. The van der Waals surface area contributed by atoms with E-state index in [0.717, 1.165) is 31.6 Å². The smallest absolute Gasteiger partial charge is 0.321 e. The molecule has 4 heteroatoms. The summed E-state index contributed by atoms with van der Waals surface area (Å²) in [7, 11) is 1.77. The van der Waals surface area contributed by atoms with E-state index in [-0.39, 0.29) is 12.1 Å². The van der Waals surface area contributed by atoms with Crippen molar-refractivity contribution >= 4 is 11.7 Å². The molecule has 0 spiro atoms. The van der Waals surface area contributed by atoms with Crippen LogP contribution in [0, 0.1) is 5.92 Å². The van der Waals surface area contributed by atoms with Crippen LogP contribution in [0.25, 0.3) is 0 Å². The van der Waals surface area contributed by atoms with Gasteiger partial charge in [0.25, 0.3) is 0 Å². The molecular formula is C20H24N2O2. The first-order valence-electron chi connectivity index (χ1n) is 8.46. The Balaban J connectivity index is 1.56. The van der Waals surface area contributed by atoms with Crippen LogP contribution in [0.15, 0.2) is 60.7 Å². The lowest BCUT2D eigenvalue weighted by molar-refractivity contribution is 0.0264.